The van der Waals surface area contributed by atoms with Crippen molar-refractivity contribution in [1.29, 1.82) is 5.26 Å². The van der Waals surface area contributed by atoms with Gasteiger partial charge in [-0.15, -0.1) is 0 Å². The molecule has 0 spiro atoms. The molecule has 0 saturated carbocycles. The van der Waals surface area contributed by atoms with Crippen LogP contribution in [0.3, 0.4) is 0 Å². The predicted octanol–water partition coefficient (Wildman–Crippen LogP) is 3.54. The Morgan fingerprint density at radius 2 is 2.28 bits per heavy atom. The molecule has 0 amide bonds. The number of nitrogens with one attached hydrogen (secondary N) is 1. The van der Waals surface area contributed by atoms with Crippen LogP contribution in [0.15, 0.2) is 24.4 Å². The Labute approximate surface area is 173 Å². The monoisotopic (exact) mass is 409 g/mol. The van der Waals surface area contributed by atoms with Crippen LogP contribution in [0, 0.1) is 18.3 Å². The summed E-state index contributed by atoms with van der Waals surface area (Å²) in [5.41, 5.74) is 3.16. The highest BCUT2D eigenvalue weighted by molar-refractivity contribution is 7.16. The molecule has 1 atom stereocenters. The molecule has 4 rings (SSSR count). The largest absolute Gasteiger partial charge is 0.481 e. The van der Waals surface area contributed by atoms with Crippen LogP contribution in [0.25, 0.3) is 0 Å². The van der Waals surface area contributed by atoms with Gasteiger partial charge in [0.1, 0.15) is 16.8 Å². The minimum Gasteiger partial charge on any atom is -0.481 e. The van der Waals surface area contributed by atoms with Crippen LogP contribution in [0.2, 0.25) is 0 Å². The lowest BCUT2D eigenvalue weighted by molar-refractivity contribution is 0.239. The Kier molecular flexibility index (Phi) is 5.47. The zero-order valence-electron chi connectivity index (χ0n) is 16.7. The topological polar surface area (TPSA) is 91.9 Å². The van der Waals surface area contributed by atoms with Gasteiger partial charge in [0, 0.05) is 13.6 Å². The number of hydrogen-bond donors (Lipinski definition) is 1. The summed E-state index contributed by atoms with van der Waals surface area (Å²) in [6.45, 7) is 3.82. The summed E-state index contributed by atoms with van der Waals surface area (Å²) >= 11 is 1.32. The second-order valence-corrected chi connectivity index (χ2v) is 8.07. The van der Waals surface area contributed by atoms with E-state index in [0.717, 1.165) is 54.6 Å². The molecule has 0 radical (unpaired) electrons. The first kappa shape index (κ1) is 19.4. The summed E-state index contributed by atoms with van der Waals surface area (Å²) in [7, 11) is 3.60. The van der Waals surface area contributed by atoms with Gasteiger partial charge < -0.3 is 10.1 Å². The summed E-state index contributed by atoms with van der Waals surface area (Å²) < 4.78 is 7.36. The second kappa shape index (κ2) is 8.19. The van der Waals surface area contributed by atoms with Crippen LogP contribution in [0.1, 0.15) is 40.7 Å². The van der Waals surface area contributed by atoms with Gasteiger partial charge in [-0.3, -0.25) is 4.90 Å². The van der Waals surface area contributed by atoms with Crippen molar-refractivity contribution in [2.24, 2.45) is 7.05 Å². The molecule has 9 heteroatoms. The van der Waals surface area contributed by atoms with Crippen LogP contribution in [-0.2, 0) is 13.6 Å². The van der Waals surface area contributed by atoms with Gasteiger partial charge in [-0.1, -0.05) is 17.4 Å². The highest BCUT2D eigenvalue weighted by Crippen LogP contribution is 2.35. The van der Waals surface area contributed by atoms with Crippen molar-refractivity contribution in [3.05, 3.63) is 46.2 Å². The molecule has 1 N–H and O–H groups in total. The molecule has 150 valence electrons. The maximum absolute atomic E-state index is 8.97. The van der Waals surface area contributed by atoms with Crippen molar-refractivity contribution < 1.29 is 4.74 Å². The molecule has 1 aliphatic rings. The molecule has 4 heterocycles. The summed E-state index contributed by atoms with van der Waals surface area (Å²) in [5, 5.41) is 17.4. The van der Waals surface area contributed by atoms with Gasteiger partial charge in [0.2, 0.25) is 5.88 Å². The van der Waals surface area contributed by atoms with E-state index < -0.39 is 0 Å². The first-order valence-electron chi connectivity index (χ1n) is 9.49. The number of likely N-dealkylation sites (tertiary alicyclic amines) is 1. The first-order chi connectivity index (χ1) is 14.1. The molecule has 3 aromatic heterocycles. The van der Waals surface area contributed by atoms with Gasteiger partial charge in [-0.05, 0) is 38.4 Å². The van der Waals surface area contributed by atoms with Crippen LogP contribution < -0.4 is 10.1 Å². The quantitative estimate of drug-likeness (QED) is 0.666. The number of aromatic nitrogens is 4. The molecular weight excluding hydrogens is 386 g/mol. The molecular formula is C20H23N7OS. The molecule has 3 aromatic rings. The lowest BCUT2D eigenvalue weighted by atomic mass is 10.1. The van der Waals surface area contributed by atoms with Crippen molar-refractivity contribution in [2.45, 2.75) is 32.4 Å². The Morgan fingerprint density at radius 3 is 3.03 bits per heavy atom. The molecule has 1 aliphatic heterocycles. The molecule has 29 heavy (non-hydrogen) atoms. The minimum atomic E-state index is 0.243. The Hall–Kier alpha value is -2.96. The molecule has 0 aromatic carbocycles. The number of nitrogens with zero attached hydrogens (tertiary/aromatic N) is 6. The third-order valence-corrected chi connectivity index (χ3v) is 5.99. The molecule has 8 nitrogen and oxygen atoms in total. The van der Waals surface area contributed by atoms with Crippen molar-refractivity contribution in [3.63, 3.8) is 0 Å². The van der Waals surface area contributed by atoms with Gasteiger partial charge >= 0.3 is 0 Å². The van der Waals surface area contributed by atoms with Gasteiger partial charge in [0.05, 0.1) is 36.3 Å². The number of anilines is 2. The second-order valence-electron chi connectivity index (χ2n) is 7.04. The predicted molar refractivity (Wildman–Crippen MR) is 111 cm³/mol. The number of rotatable bonds is 6. The lowest BCUT2D eigenvalue weighted by Gasteiger charge is -2.24. The summed E-state index contributed by atoms with van der Waals surface area (Å²) in [6, 6.07) is 8.35. The average molecular weight is 410 g/mol. The number of methoxy groups -OCH3 is 1. The van der Waals surface area contributed by atoms with E-state index >= 15 is 0 Å². The summed E-state index contributed by atoms with van der Waals surface area (Å²) in [5.74, 6) is 1.55. The fourth-order valence-corrected chi connectivity index (χ4v) is 4.49. The van der Waals surface area contributed by atoms with Crippen LogP contribution in [0.4, 0.5) is 10.9 Å². The van der Waals surface area contributed by atoms with E-state index in [4.69, 9.17) is 15.0 Å². The van der Waals surface area contributed by atoms with Crippen LogP contribution in [0.5, 0.6) is 5.88 Å². The number of ether oxygens (including phenoxy) is 1. The number of aryl methyl sites for hydroxylation is 2. The zero-order chi connectivity index (χ0) is 20.4. The molecule has 0 aliphatic carbocycles. The van der Waals surface area contributed by atoms with E-state index in [-0.39, 0.29) is 6.04 Å². The van der Waals surface area contributed by atoms with Crippen molar-refractivity contribution in [2.75, 3.05) is 19.0 Å². The highest BCUT2D eigenvalue weighted by atomic mass is 32.1. The number of hydrogen-bond acceptors (Lipinski definition) is 8. The average Bonchev–Trinajstić information content (AvgIpc) is 3.42. The number of thiazole rings is 1. The van der Waals surface area contributed by atoms with E-state index in [1.54, 1.807) is 18.0 Å². The molecule has 0 bridgehead atoms. The third-order valence-electron chi connectivity index (χ3n) is 5.17. The zero-order valence-corrected chi connectivity index (χ0v) is 17.5. The summed E-state index contributed by atoms with van der Waals surface area (Å²) in [6.07, 6.45) is 3.76. The van der Waals surface area contributed by atoms with E-state index in [1.807, 2.05) is 26.1 Å². The van der Waals surface area contributed by atoms with E-state index in [0.29, 0.717) is 10.0 Å². The van der Waals surface area contributed by atoms with Gasteiger partial charge in [0.15, 0.2) is 5.13 Å². The minimum absolute atomic E-state index is 0.243. The van der Waals surface area contributed by atoms with Gasteiger partial charge in [-0.2, -0.15) is 10.4 Å². The third kappa shape index (κ3) is 3.95. The fourth-order valence-electron chi connectivity index (χ4n) is 3.87. The number of pyridine rings is 1. The molecule has 1 unspecified atom stereocenters. The smallest absolute Gasteiger partial charge is 0.216 e. The lowest BCUT2D eigenvalue weighted by Crippen LogP contribution is -2.24. The van der Waals surface area contributed by atoms with Crippen molar-refractivity contribution >= 4 is 22.3 Å². The molecule has 1 saturated heterocycles. The van der Waals surface area contributed by atoms with E-state index in [2.05, 4.69) is 32.4 Å². The van der Waals surface area contributed by atoms with Gasteiger partial charge in [0.25, 0.3) is 0 Å². The normalized spacial score (nSPS) is 16.7. The van der Waals surface area contributed by atoms with Crippen LogP contribution in [-0.4, -0.2) is 38.3 Å². The Bertz CT molecular complexity index is 1050. The molecule has 1 fully saturated rings. The number of nitriles is 1. The maximum Gasteiger partial charge on any atom is 0.216 e. The Balaban J connectivity index is 1.54. The first-order valence-corrected chi connectivity index (χ1v) is 10.3. The standard InChI is InChI=1S/C20H23N7OS/c1-13-15(19(28-3)26(2)25-13)12-27-9-5-7-17(27)16-6-4-8-18(23-16)24-20-22-11-14(10-21)29-20/h4,6,8,11,17H,5,7,9,12H2,1-3H3,(H,22,23,24). The van der Waals surface area contributed by atoms with Gasteiger partial charge in [-0.25, -0.2) is 14.6 Å². The van der Waals surface area contributed by atoms with E-state index in [1.165, 1.54) is 11.3 Å². The highest BCUT2D eigenvalue weighted by Gasteiger charge is 2.29. The van der Waals surface area contributed by atoms with Crippen LogP contribution >= 0.6 is 11.3 Å². The Morgan fingerprint density at radius 1 is 1.41 bits per heavy atom. The SMILES string of the molecule is COc1c(CN2CCCC2c2cccc(Nc3ncc(C#N)s3)n2)c(C)nn1C. The van der Waals surface area contributed by atoms with Crippen molar-refractivity contribution in [1.82, 2.24) is 24.6 Å². The van der Waals surface area contributed by atoms with Crippen molar-refractivity contribution in [3.8, 4) is 11.9 Å². The maximum atomic E-state index is 8.97. The fraction of sp³-hybridized carbons (Fsp3) is 0.400. The summed E-state index contributed by atoms with van der Waals surface area (Å²) in [4.78, 5) is 12.1. The van der Waals surface area contributed by atoms with E-state index in [9.17, 15) is 0 Å².